The number of rotatable bonds is 4. The maximum Gasteiger partial charge on any atom is 0.410 e. The van der Waals surface area contributed by atoms with Gasteiger partial charge in [-0.2, -0.15) is 4.79 Å². The molecule has 0 fully saturated rings. The van der Waals surface area contributed by atoms with E-state index in [-0.39, 0.29) is 0 Å². The molecule has 4 nitrogen and oxygen atoms in total. The maximum absolute atomic E-state index is 12.7. The van der Waals surface area contributed by atoms with Crippen LogP contribution in [0.5, 0.6) is 0 Å². The monoisotopic (exact) mass is 306 g/mol. The second kappa shape index (κ2) is 6.51. The van der Waals surface area contributed by atoms with Crippen molar-refractivity contribution < 1.29 is 14.4 Å². The number of Topliss-reactive ketones (excluding diaryl/α,β-unsaturated/α-hetero) is 2. The van der Waals surface area contributed by atoms with Gasteiger partial charge in [-0.15, -0.1) is 0 Å². The molecule has 23 heavy (non-hydrogen) atoms. The lowest BCUT2D eigenvalue weighted by atomic mass is 9.92. The van der Waals surface area contributed by atoms with E-state index in [1.165, 1.54) is 0 Å². The molecular formula is C19H18N2O2. The number of benzene rings is 2. The molecule has 116 valence electrons. The highest BCUT2D eigenvalue weighted by molar-refractivity contribution is 6.70. The highest BCUT2D eigenvalue weighted by Gasteiger charge is 2.33. The lowest BCUT2D eigenvalue weighted by Crippen LogP contribution is -2.27. The van der Waals surface area contributed by atoms with Crippen molar-refractivity contribution in [3.05, 3.63) is 75.3 Å². The first-order valence-corrected chi connectivity index (χ1v) is 7.31. The van der Waals surface area contributed by atoms with E-state index in [1.807, 2.05) is 26.0 Å². The highest BCUT2D eigenvalue weighted by Crippen LogP contribution is 2.18. The first kappa shape index (κ1) is 16.5. The van der Waals surface area contributed by atoms with Crippen molar-refractivity contribution in [3.8, 4) is 0 Å². The molecule has 0 saturated heterocycles. The number of ketones is 2. The van der Waals surface area contributed by atoms with Crippen LogP contribution in [-0.2, 0) is 0 Å². The quantitative estimate of drug-likeness (QED) is 0.284. The zero-order valence-electron chi connectivity index (χ0n) is 13.7. The smallest absolute Gasteiger partial charge is 0.360 e. The minimum atomic E-state index is -0.586. The Hall–Kier alpha value is -2.84. The van der Waals surface area contributed by atoms with Gasteiger partial charge in [0.2, 0.25) is 0 Å². The Labute approximate surface area is 135 Å². The van der Waals surface area contributed by atoms with Crippen LogP contribution < -0.4 is 0 Å². The van der Waals surface area contributed by atoms with Crippen LogP contribution >= 0.6 is 0 Å². The van der Waals surface area contributed by atoms with Gasteiger partial charge >= 0.3 is 5.71 Å². The van der Waals surface area contributed by atoms with Gasteiger partial charge in [-0.3, -0.25) is 9.59 Å². The van der Waals surface area contributed by atoms with E-state index in [0.717, 1.165) is 22.3 Å². The Bertz CT molecular complexity index is 819. The van der Waals surface area contributed by atoms with Crippen molar-refractivity contribution in [1.82, 2.24) is 0 Å². The number of aryl methyl sites for hydroxylation is 4. The van der Waals surface area contributed by atoms with Crippen molar-refractivity contribution in [2.45, 2.75) is 27.7 Å². The molecule has 0 aliphatic carbocycles. The highest BCUT2D eigenvalue weighted by atomic mass is 16.2. The van der Waals surface area contributed by atoms with Crippen molar-refractivity contribution in [2.24, 2.45) is 0 Å². The second-order valence-corrected chi connectivity index (χ2v) is 5.75. The van der Waals surface area contributed by atoms with E-state index in [2.05, 4.69) is 4.79 Å². The summed E-state index contributed by atoms with van der Waals surface area (Å²) in [4.78, 5) is 28.2. The van der Waals surface area contributed by atoms with E-state index in [4.69, 9.17) is 0 Å². The topological polar surface area (TPSA) is 70.5 Å². The standard InChI is InChI=1S/C19H18N2O2/c1-11-5-7-15(8-6-11)18(22)17(21-20)19(23)16-13(3)9-12(2)10-14(16)4/h5-10H,1-4H3. The van der Waals surface area contributed by atoms with E-state index < -0.39 is 17.3 Å². The van der Waals surface area contributed by atoms with Crippen LogP contribution in [0.25, 0.3) is 5.53 Å². The third-order valence-corrected chi connectivity index (χ3v) is 3.75. The molecular weight excluding hydrogens is 288 g/mol. The third kappa shape index (κ3) is 3.33. The molecule has 0 radical (unpaired) electrons. The van der Waals surface area contributed by atoms with Gasteiger partial charge in [0.25, 0.3) is 11.6 Å². The van der Waals surface area contributed by atoms with Gasteiger partial charge in [0, 0.05) is 11.1 Å². The van der Waals surface area contributed by atoms with Crippen molar-refractivity contribution in [1.29, 1.82) is 0 Å². The van der Waals surface area contributed by atoms with Gasteiger partial charge in [-0.25, -0.2) is 0 Å². The fourth-order valence-corrected chi connectivity index (χ4v) is 2.69. The number of carbonyl (C=O) groups excluding carboxylic acids is 2. The molecule has 0 heterocycles. The molecule has 0 aliphatic heterocycles. The fraction of sp³-hybridized carbons (Fsp3) is 0.211. The van der Waals surface area contributed by atoms with Crippen LogP contribution in [0.4, 0.5) is 0 Å². The Morgan fingerprint density at radius 3 is 1.83 bits per heavy atom. The Balaban J connectivity index is 2.46. The van der Waals surface area contributed by atoms with Crippen molar-refractivity contribution in [3.63, 3.8) is 0 Å². The van der Waals surface area contributed by atoms with Gasteiger partial charge < -0.3 is 5.53 Å². The average Bonchev–Trinajstić information content (AvgIpc) is 2.47. The molecule has 0 amide bonds. The summed E-state index contributed by atoms with van der Waals surface area (Å²) in [5, 5.41) is 0. The Kier molecular flexibility index (Phi) is 4.68. The second-order valence-electron chi connectivity index (χ2n) is 5.75. The summed E-state index contributed by atoms with van der Waals surface area (Å²) in [7, 11) is 0. The number of hydrogen-bond donors (Lipinski definition) is 0. The number of carbonyl (C=O) groups is 2. The summed E-state index contributed by atoms with van der Waals surface area (Å²) in [6, 6.07) is 10.5. The molecule has 0 spiro atoms. The van der Waals surface area contributed by atoms with Gasteiger partial charge in [-0.05, 0) is 38.8 Å². The van der Waals surface area contributed by atoms with Crippen LogP contribution in [0.1, 0.15) is 43.0 Å². The van der Waals surface area contributed by atoms with Gasteiger partial charge in [0.15, 0.2) is 0 Å². The summed E-state index contributed by atoms with van der Waals surface area (Å²) in [5.41, 5.74) is 13.0. The van der Waals surface area contributed by atoms with E-state index >= 15 is 0 Å². The number of hydrogen-bond acceptors (Lipinski definition) is 2. The van der Waals surface area contributed by atoms with E-state index in [0.29, 0.717) is 11.1 Å². The van der Waals surface area contributed by atoms with Crippen LogP contribution in [0.3, 0.4) is 0 Å². The molecule has 4 heteroatoms. The summed E-state index contributed by atoms with van der Waals surface area (Å²) in [6.45, 7) is 7.45. The van der Waals surface area contributed by atoms with Crippen molar-refractivity contribution in [2.75, 3.05) is 0 Å². The first-order chi connectivity index (χ1) is 10.8. The summed E-state index contributed by atoms with van der Waals surface area (Å²) in [6.07, 6.45) is 0. The van der Waals surface area contributed by atoms with Crippen LogP contribution in [-0.4, -0.2) is 22.1 Å². The molecule has 0 N–H and O–H groups in total. The molecule has 0 bridgehead atoms. The van der Waals surface area contributed by atoms with Crippen LogP contribution in [0.2, 0.25) is 0 Å². The zero-order chi connectivity index (χ0) is 17.1. The normalized spacial score (nSPS) is 10.1. The Morgan fingerprint density at radius 2 is 1.35 bits per heavy atom. The predicted molar refractivity (Wildman–Crippen MR) is 89.1 cm³/mol. The lowest BCUT2D eigenvalue weighted by Gasteiger charge is -2.08. The molecule has 0 aromatic heterocycles. The Morgan fingerprint density at radius 1 is 0.826 bits per heavy atom. The van der Waals surface area contributed by atoms with Gasteiger partial charge in [-0.1, -0.05) is 47.5 Å². The van der Waals surface area contributed by atoms with E-state index in [1.54, 1.807) is 38.1 Å². The van der Waals surface area contributed by atoms with Crippen molar-refractivity contribution >= 4 is 17.3 Å². The maximum atomic E-state index is 12.7. The van der Waals surface area contributed by atoms with Gasteiger partial charge in [0.05, 0.1) is 0 Å². The summed E-state index contributed by atoms with van der Waals surface area (Å²) >= 11 is 0. The average molecular weight is 306 g/mol. The summed E-state index contributed by atoms with van der Waals surface area (Å²) in [5.74, 6) is -1.15. The van der Waals surface area contributed by atoms with Crippen LogP contribution in [0, 0.1) is 27.7 Å². The summed E-state index contributed by atoms with van der Waals surface area (Å²) < 4.78 is 0. The molecule has 0 aliphatic rings. The molecule has 0 saturated carbocycles. The lowest BCUT2D eigenvalue weighted by molar-refractivity contribution is -0.00700. The molecule has 2 aromatic carbocycles. The van der Waals surface area contributed by atoms with Crippen LogP contribution in [0.15, 0.2) is 36.4 Å². The molecule has 0 atom stereocenters. The predicted octanol–water partition coefficient (Wildman–Crippen LogP) is 3.66. The minimum Gasteiger partial charge on any atom is -0.360 e. The zero-order valence-corrected chi connectivity index (χ0v) is 13.7. The minimum absolute atomic E-state index is 0.319. The van der Waals surface area contributed by atoms with E-state index in [9.17, 15) is 15.1 Å². The molecule has 2 aromatic rings. The fourth-order valence-electron chi connectivity index (χ4n) is 2.69. The third-order valence-electron chi connectivity index (χ3n) is 3.75. The van der Waals surface area contributed by atoms with Gasteiger partial charge in [0.1, 0.15) is 0 Å². The molecule has 2 rings (SSSR count). The SMILES string of the molecule is Cc1ccc(C(=O)C(=[N+]=[N-])C(=O)c2c(C)cc(C)cc2C)cc1. The first-order valence-electron chi connectivity index (χ1n) is 7.31. The largest absolute Gasteiger partial charge is 0.410 e. The number of nitrogens with zero attached hydrogens (tertiary/aromatic N) is 2. The molecule has 0 unspecified atom stereocenters.